The molecular weight excluding hydrogens is 240 g/mol. The Hall–Kier alpha value is -0.580. The number of methoxy groups -OCH3 is 1. The average molecular weight is 253 g/mol. The van der Waals surface area contributed by atoms with Gasteiger partial charge >= 0.3 is 11.9 Å². The standard InChI is InChI=1S/C8H13BrO4/c1-6(10)13-7(4-3-5-9)8(11)12-2/h7H,3-5H2,1-2H3. The van der Waals surface area contributed by atoms with Crippen molar-refractivity contribution in [2.45, 2.75) is 25.9 Å². The van der Waals surface area contributed by atoms with E-state index < -0.39 is 18.0 Å². The molecule has 0 aromatic carbocycles. The molecule has 76 valence electrons. The fourth-order valence-electron chi connectivity index (χ4n) is 0.819. The second-order valence-electron chi connectivity index (χ2n) is 2.45. The molecule has 0 aliphatic rings. The van der Waals surface area contributed by atoms with Crippen LogP contribution in [0.15, 0.2) is 0 Å². The summed E-state index contributed by atoms with van der Waals surface area (Å²) in [6.07, 6.45) is 0.477. The van der Waals surface area contributed by atoms with E-state index in [0.29, 0.717) is 6.42 Å². The van der Waals surface area contributed by atoms with Gasteiger partial charge in [0.2, 0.25) is 0 Å². The summed E-state index contributed by atoms with van der Waals surface area (Å²) < 4.78 is 9.25. The van der Waals surface area contributed by atoms with Crippen molar-refractivity contribution in [1.29, 1.82) is 0 Å². The van der Waals surface area contributed by atoms with E-state index in [1.807, 2.05) is 0 Å². The number of hydrogen-bond donors (Lipinski definition) is 0. The number of hydrogen-bond acceptors (Lipinski definition) is 4. The van der Waals surface area contributed by atoms with E-state index in [1.165, 1.54) is 14.0 Å². The van der Waals surface area contributed by atoms with Gasteiger partial charge < -0.3 is 9.47 Å². The van der Waals surface area contributed by atoms with Gasteiger partial charge in [0.05, 0.1) is 7.11 Å². The van der Waals surface area contributed by atoms with Crippen LogP contribution < -0.4 is 0 Å². The molecule has 0 fully saturated rings. The number of rotatable bonds is 5. The van der Waals surface area contributed by atoms with Gasteiger partial charge in [0, 0.05) is 12.3 Å². The van der Waals surface area contributed by atoms with E-state index in [2.05, 4.69) is 20.7 Å². The van der Waals surface area contributed by atoms with Crippen LogP contribution >= 0.6 is 15.9 Å². The number of alkyl halides is 1. The number of carbonyl (C=O) groups excluding carboxylic acids is 2. The number of ether oxygens (including phenoxy) is 2. The minimum atomic E-state index is -0.764. The van der Waals surface area contributed by atoms with Crippen LogP contribution in [0.4, 0.5) is 0 Å². The summed E-state index contributed by atoms with van der Waals surface area (Å²) in [5.41, 5.74) is 0. The fourth-order valence-corrected chi connectivity index (χ4v) is 1.14. The lowest BCUT2D eigenvalue weighted by atomic mass is 10.2. The zero-order valence-corrected chi connectivity index (χ0v) is 9.30. The van der Waals surface area contributed by atoms with Gasteiger partial charge in [-0.25, -0.2) is 4.79 Å². The third-order valence-electron chi connectivity index (χ3n) is 1.37. The van der Waals surface area contributed by atoms with Gasteiger partial charge in [-0.05, 0) is 12.8 Å². The average Bonchev–Trinajstić information content (AvgIpc) is 2.10. The largest absolute Gasteiger partial charge is 0.466 e. The van der Waals surface area contributed by atoms with Crippen LogP contribution in [-0.2, 0) is 19.1 Å². The Morgan fingerprint density at radius 3 is 2.46 bits per heavy atom. The van der Waals surface area contributed by atoms with Gasteiger partial charge in [-0.15, -0.1) is 0 Å². The summed E-state index contributed by atoms with van der Waals surface area (Å²) >= 11 is 3.22. The molecule has 0 heterocycles. The summed E-state index contributed by atoms with van der Waals surface area (Å²) in [5, 5.41) is 0.766. The number of halogens is 1. The van der Waals surface area contributed by atoms with Crippen LogP contribution in [0, 0.1) is 0 Å². The highest BCUT2D eigenvalue weighted by atomic mass is 79.9. The Morgan fingerprint density at radius 1 is 1.46 bits per heavy atom. The Balaban J connectivity index is 4.02. The van der Waals surface area contributed by atoms with Crippen molar-refractivity contribution < 1.29 is 19.1 Å². The van der Waals surface area contributed by atoms with Crippen molar-refractivity contribution >= 4 is 27.9 Å². The smallest absolute Gasteiger partial charge is 0.347 e. The molecule has 0 N–H and O–H groups in total. The van der Waals surface area contributed by atoms with Crippen molar-refractivity contribution in [1.82, 2.24) is 0 Å². The predicted molar refractivity (Wildman–Crippen MR) is 50.6 cm³/mol. The molecular formula is C8H13BrO4. The first-order chi connectivity index (χ1) is 6.11. The Morgan fingerprint density at radius 2 is 2.08 bits per heavy atom. The van der Waals surface area contributed by atoms with Crippen LogP contribution in [-0.4, -0.2) is 30.5 Å². The second kappa shape index (κ2) is 6.88. The van der Waals surface area contributed by atoms with Crippen molar-refractivity contribution in [2.24, 2.45) is 0 Å². The fraction of sp³-hybridized carbons (Fsp3) is 0.750. The molecule has 0 rings (SSSR count). The molecule has 1 unspecified atom stereocenters. The minimum Gasteiger partial charge on any atom is -0.466 e. The SMILES string of the molecule is COC(=O)C(CCCBr)OC(C)=O. The third-order valence-corrected chi connectivity index (χ3v) is 1.93. The molecule has 0 saturated heterocycles. The maximum atomic E-state index is 11.0. The summed E-state index contributed by atoms with van der Waals surface area (Å²) in [6.45, 7) is 1.27. The van der Waals surface area contributed by atoms with Crippen molar-refractivity contribution in [3.05, 3.63) is 0 Å². The third kappa shape index (κ3) is 5.63. The molecule has 1 atom stereocenters. The molecule has 0 bridgehead atoms. The Kier molecular flexibility index (Phi) is 6.58. The van der Waals surface area contributed by atoms with E-state index >= 15 is 0 Å². The zero-order chi connectivity index (χ0) is 10.3. The molecule has 0 saturated carbocycles. The molecule has 0 aliphatic carbocycles. The molecule has 0 aromatic heterocycles. The highest BCUT2D eigenvalue weighted by Crippen LogP contribution is 2.06. The molecule has 0 radical (unpaired) electrons. The first-order valence-corrected chi connectivity index (χ1v) is 5.05. The molecule has 0 aromatic rings. The van der Waals surface area contributed by atoms with Crippen LogP contribution in [0.5, 0.6) is 0 Å². The quantitative estimate of drug-likeness (QED) is 0.546. The first kappa shape index (κ1) is 12.4. The Labute approximate surface area is 85.7 Å². The zero-order valence-electron chi connectivity index (χ0n) is 7.71. The lowest BCUT2D eigenvalue weighted by molar-refractivity contribution is -0.165. The molecule has 0 aliphatic heterocycles. The topological polar surface area (TPSA) is 52.6 Å². The highest BCUT2D eigenvalue weighted by molar-refractivity contribution is 9.09. The van der Waals surface area contributed by atoms with Gasteiger partial charge in [-0.1, -0.05) is 15.9 Å². The van der Waals surface area contributed by atoms with Gasteiger partial charge in [-0.3, -0.25) is 4.79 Å². The first-order valence-electron chi connectivity index (χ1n) is 3.92. The molecule has 5 heteroatoms. The lowest BCUT2D eigenvalue weighted by Crippen LogP contribution is -2.27. The van der Waals surface area contributed by atoms with Crippen molar-refractivity contribution in [3.63, 3.8) is 0 Å². The van der Waals surface area contributed by atoms with Crippen LogP contribution in [0.2, 0.25) is 0 Å². The normalized spacial score (nSPS) is 11.9. The number of carbonyl (C=O) groups is 2. The van der Waals surface area contributed by atoms with E-state index in [4.69, 9.17) is 4.74 Å². The van der Waals surface area contributed by atoms with E-state index in [9.17, 15) is 9.59 Å². The van der Waals surface area contributed by atoms with Crippen molar-refractivity contribution in [2.75, 3.05) is 12.4 Å². The van der Waals surface area contributed by atoms with E-state index in [-0.39, 0.29) is 0 Å². The molecule has 0 spiro atoms. The summed E-state index contributed by atoms with van der Waals surface area (Å²) in [4.78, 5) is 21.6. The maximum Gasteiger partial charge on any atom is 0.347 e. The summed E-state index contributed by atoms with van der Waals surface area (Å²) in [7, 11) is 1.27. The highest BCUT2D eigenvalue weighted by Gasteiger charge is 2.21. The van der Waals surface area contributed by atoms with Gasteiger partial charge in [0.25, 0.3) is 0 Å². The van der Waals surface area contributed by atoms with Crippen LogP contribution in [0.3, 0.4) is 0 Å². The van der Waals surface area contributed by atoms with Crippen molar-refractivity contribution in [3.8, 4) is 0 Å². The van der Waals surface area contributed by atoms with E-state index in [0.717, 1.165) is 11.8 Å². The maximum absolute atomic E-state index is 11.0. The van der Waals surface area contributed by atoms with Gasteiger partial charge in [0.1, 0.15) is 0 Å². The van der Waals surface area contributed by atoms with Gasteiger partial charge in [0.15, 0.2) is 6.10 Å². The van der Waals surface area contributed by atoms with E-state index in [1.54, 1.807) is 0 Å². The monoisotopic (exact) mass is 252 g/mol. The minimum absolute atomic E-state index is 0.468. The number of esters is 2. The summed E-state index contributed by atoms with van der Waals surface area (Å²) in [6, 6.07) is 0. The van der Waals surface area contributed by atoms with Crippen LogP contribution in [0.25, 0.3) is 0 Å². The van der Waals surface area contributed by atoms with Crippen LogP contribution in [0.1, 0.15) is 19.8 Å². The lowest BCUT2D eigenvalue weighted by Gasteiger charge is -2.13. The molecule has 13 heavy (non-hydrogen) atoms. The molecule has 0 amide bonds. The predicted octanol–water partition coefficient (Wildman–Crippen LogP) is 1.27. The molecule has 4 nitrogen and oxygen atoms in total. The van der Waals surface area contributed by atoms with Gasteiger partial charge in [-0.2, -0.15) is 0 Å². The Bertz CT molecular complexity index is 181. The summed E-state index contributed by atoms with van der Waals surface area (Å²) in [5.74, 6) is -0.971. The second-order valence-corrected chi connectivity index (χ2v) is 3.25.